The van der Waals surface area contributed by atoms with Crippen molar-refractivity contribution in [3.05, 3.63) is 112 Å². The summed E-state index contributed by atoms with van der Waals surface area (Å²) in [6.45, 7) is 5.58. The molecule has 7 nitrogen and oxygen atoms in total. The molecule has 0 saturated carbocycles. The van der Waals surface area contributed by atoms with Crippen LogP contribution in [0, 0.1) is 0 Å². The maximum Gasteiger partial charge on any atom is 0.232 e. The number of hydrogen-bond donors (Lipinski definition) is 2. The Labute approximate surface area is 269 Å². The highest BCUT2D eigenvalue weighted by atomic mass is 35.5. The molecule has 0 atom stereocenters. The molecule has 226 valence electrons. The van der Waals surface area contributed by atoms with Crippen LogP contribution in [0.2, 0.25) is 5.02 Å². The van der Waals surface area contributed by atoms with Gasteiger partial charge in [-0.15, -0.1) is 0 Å². The van der Waals surface area contributed by atoms with Crippen molar-refractivity contribution >= 4 is 46.5 Å². The van der Waals surface area contributed by atoms with E-state index in [1.54, 1.807) is 0 Å². The highest BCUT2D eigenvalue weighted by Gasteiger charge is 2.34. The van der Waals surface area contributed by atoms with Gasteiger partial charge in [0.25, 0.3) is 0 Å². The molecule has 0 radical (unpaired) electrons. The summed E-state index contributed by atoms with van der Waals surface area (Å²) in [6, 6.07) is 27.7. The number of thiocarbonyl (C=S) groups is 1. The van der Waals surface area contributed by atoms with Crippen molar-refractivity contribution in [2.75, 3.05) is 48.0 Å². The molecule has 44 heavy (non-hydrogen) atoms. The van der Waals surface area contributed by atoms with Gasteiger partial charge in [-0.1, -0.05) is 72.3 Å². The molecular weight excluding hydrogens is 588 g/mol. The first-order valence-corrected chi connectivity index (χ1v) is 16.2. The van der Waals surface area contributed by atoms with Crippen LogP contribution in [0.5, 0.6) is 0 Å². The lowest BCUT2D eigenvalue weighted by Crippen LogP contribution is -2.45. The minimum absolute atomic E-state index is 0.0924. The van der Waals surface area contributed by atoms with E-state index < -0.39 is 0 Å². The molecule has 3 aliphatic heterocycles. The molecule has 0 aliphatic carbocycles. The summed E-state index contributed by atoms with van der Waals surface area (Å²) in [4.78, 5) is 14.7. The number of fused-ring (bicyclic) bond motifs is 2. The van der Waals surface area contributed by atoms with Crippen LogP contribution in [-0.2, 0) is 36.1 Å². The van der Waals surface area contributed by atoms with Crippen molar-refractivity contribution < 1.29 is 4.74 Å². The van der Waals surface area contributed by atoms with Crippen LogP contribution < -0.4 is 20.4 Å². The standard InChI is InChI=1S/C35H37ClN6OS/c36-30-11-9-29(10-12-30)35(15-19-43-20-16-35)24-37-34(44)40-33-38-31(41-17-13-25-5-1-3-7-27(25)22-41)21-32(39-33)42-18-14-26-6-2-4-8-28(26)23-42/h1-12,21H,13-20,22-24H2,(H2,37,38,39,40,44). The third-order valence-electron chi connectivity index (χ3n) is 9.33. The molecular formula is C35H37ClN6OS. The van der Waals surface area contributed by atoms with Gasteiger partial charge >= 0.3 is 0 Å². The molecule has 3 aliphatic rings. The summed E-state index contributed by atoms with van der Waals surface area (Å²) < 4.78 is 5.73. The first-order valence-electron chi connectivity index (χ1n) is 15.5. The van der Waals surface area contributed by atoms with Crippen molar-refractivity contribution in [3.8, 4) is 0 Å². The molecule has 0 bridgehead atoms. The number of nitrogens with one attached hydrogen (secondary N) is 2. The van der Waals surface area contributed by atoms with Gasteiger partial charge in [0.05, 0.1) is 0 Å². The van der Waals surface area contributed by atoms with E-state index in [1.807, 2.05) is 12.1 Å². The van der Waals surface area contributed by atoms with Crippen molar-refractivity contribution in [1.29, 1.82) is 0 Å². The summed E-state index contributed by atoms with van der Waals surface area (Å²) >= 11 is 12.1. The van der Waals surface area contributed by atoms with E-state index in [4.69, 9.17) is 38.5 Å². The Morgan fingerprint density at radius 3 is 1.91 bits per heavy atom. The molecule has 1 saturated heterocycles. The molecule has 7 rings (SSSR count). The fraction of sp³-hybridized carbons (Fsp3) is 0.343. The van der Waals surface area contributed by atoms with Gasteiger partial charge in [-0.25, -0.2) is 0 Å². The van der Waals surface area contributed by atoms with Crippen LogP contribution in [0.1, 0.15) is 40.7 Å². The summed E-state index contributed by atoms with van der Waals surface area (Å²) in [5.41, 5.74) is 6.68. The molecule has 1 aromatic heterocycles. The van der Waals surface area contributed by atoms with Crippen LogP contribution in [0.4, 0.5) is 17.6 Å². The Kier molecular flexibility index (Phi) is 8.39. The van der Waals surface area contributed by atoms with Crippen molar-refractivity contribution in [1.82, 2.24) is 15.3 Å². The molecule has 3 aromatic carbocycles. The number of rotatable bonds is 6. The average molecular weight is 625 g/mol. The molecule has 0 amide bonds. The Bertz CT molecular complexity index is 1570. The third-order valence-corrected chi connectivity index (χ3v) is 9.83. The number of ether oxygens (including phenoxy) is 1. The van der Waals surface area contributed by atoms with E-state index >= 15 is 0 Å². The summed E-state index contributed by atoms with van der Waals surface area (Å²) in [7, 11) is 0. The van der Waals surface area contributed by atoms with E-state index in [0.29, 0.717) is 17.6 Å². The number of benzene rings is 3. The first kappa shape index (κ1) is 29.0. The highest BCUT2D eigenvalue weighted by Crippen LogP contribution is 2.35. The Balaban J connectivity index is 1.13. The lowest BCUT2D eigenvalue weighted by molar-refractivity contribution is 0.0515. The van der Waals surface area contributed by atoms with Gasteiger partial charge in [0.2, 0.25) is 5.95 Å². The quantitative estimate of drug-likeness (QED) is 0.243. The van der Waals surface area contributed by atoms with Gasteiger partial charge in [-0.2, -0.15) is 9.97 Å². The summed E-state index contributed by atoms with van der Waals surface area (Å²) in [5, 5.41) is 8.11. The minimum atomic E-state index is -0.0924. The number of halogens is 1. The van der Waals surface area contributed by atoms with Gasteiger partial charge in [0, 0.05) is 62.4 Å². The lowest BCUT2D eigenvalue weighted by Gasteiger charge is -2.38. The molecule has 0 unspecified atom stereocenters. The van der Waals surface area contributed by atoms with E-state index in [0.717, 1.165) is 81.7 Å². The minimum Gasteiger partial charge on any atom is -0.381 e. The third kappa shape index (κ3) is 6.25. The molecule has 4 heterocycles. The van der Waals surface area contributed by atoms with Crippen LogP contribution in [0.15, 0.2) is 78.9 Å². The first-order chi connectivity index (χ1) is 21.5. The van der Waals surface area contributed by atoms with Gasteiger partial charge in [-0.3, -0.25) is 0 Å². The summed E-state index contributed by atoms with van der Waals surface area (Å²) in [5.74, 6) is 2.34. The zero-order valence-corrected chi connectivity index (χ0v) is 26.3. The number of nitrogens with zero attached hydrogens (tertiary/aromatic N) is 4. The second-order valence-corrected chi connectivity index (χ2v) is 12.8. The van der Waals surface area contributed by atoms with Crippen molar-refractivity contribution in [3.63, 3.8) is 0 Å². The Morgan fingerprint density at radius 1 is 0.795 bits per heavy atom. The van der Waals surface area contributed by atoms with E-state index in [2.05, 4.69) is 87.2 Å². The number of anilines is 3. The fourth-order valence-electron chi connectivity index (χ4n) is 6.71. The molecule has 2 N–H and O–H groups in total. The smallest absolute Gasteiger partial charge is 0.232 e. The maximum absolute atomic E-state index is 6.21. The van der Waals surface area contributed by atoms with Gasteiger partial charge in [-0.05, 0) is 77.9 Å². The van der Waals surface area contributed by atoms with Crippen molar-refractivity contribution in [2.45, 2.75) is 44.2 Å². The molecule has 0 spiro atoms. The second kappa shape index (κ2) is 12.7. The van der Waals surface area contributed by atoms with E-state index in [1.165, 1.54) is 27.8 Å². The van der Waals surface area contributed by atoms with Crippen molar-refractivity contribution in [2.24, 2.45) is 0 Å². The average Bonchev–Trinajstić information content (AvgIpc) is 3.07. The zero-order chi connectivity index (χ0) is 29.9. The summed E-state index contributed by atoms with van der Waals surface area (Å²) in [6.07, 6.45) is 3.80. The highest BCUT2D eigenvalue weighted by molar-refractivity contribution is 7.80. The monoisotopic (exact) mass is 624 g/mol. The van der Waals surface area contributed by atoms with Gasteiger partial charge in [0.1, 0.15) is 11.6 Å². The van der Waals surface area contributed by atoms with E-state index in [9.17, 15) is 0 Å². The van der Waals surface area contributed by atoms with Crippen LogP contribution in [-0.4, -0.2) is 47.9 Å². The van der Waals surface area contributed by atoms with Crippen LogP contribution >= 0.6 is 23.8 Å². The predicted molar refractivity (Wildman–Crippen MR) is 182 cm³/mol. The molecule has 9 heteroatoms. The topological polar surface area (TPSA) is 65.6 Å². The lowest BCUT2D eigenvalue weighted by atomic mass is 9.74. The Hall–Kier alpha value is -3.72. The predicted octanol–water partition coefficient (Wildman–Crippen LogP) is 6.29. The Morgan fingerprint density at radius 2 is 1.34 bits per heavy atom. The van der Waals surface area contributed by atoms with Crippen LogP contribution in [0.3, 0.4) is 0 Å². The SMILES string of the molecule is S=C(NCC1(c2ccc(Cl)cc2)CCOCC1)Nc1nc(N2CCc3ccccc3C2)cc(N2CCc3ccccc3C2)n1. The van der Waals surface area contributed by atoms with E-state index in [-0.39, 0.29) is 5.41 Å². The second-order valence-electron chi connectivity index (χ2n) is 12.0. The number of hydrogen-bond acceptors (Lipinski definition) is 6. The number of aromatic nitrogens is 2. The van der Waals surface area contributed by atoms with Gasteiger partial charge in [0.15, 0.2) is 5.11 Å². The van der Waals surface area contributed by atoms with Crippen LogP contribution in [0.25, 0.3) is 0 Å². The largest absolute Gasteiger partial charge is 0.381 e. The maximum atomic E-state index is 6.21. The fourth-order valence-corrected chi connectivity index (χ4v) is 7.00. The molecule has 1 fully saturated rings. The normalized spacial score (nSPS) is 17.4. The zero-order valence-electron chi connectivity index (χ0n) is 24.8. The van der Waals surface area contributed by atoms with Gasteiger partial charge < -0.3 is 25.2 Å². The molecule has 4 aromatic rings.